The lowest BCUT2D eigenvalue weighted by Crippen LogP contribution is -2.36. The fourth-order valence-corrected chi connectivity index (χ4v) is 2.42. The Morgan fingerprint density at radius 2 is 1.80 bits per heavy atom. The molecule has 0 fully saturated rings. The van der Waals surface area contributed by atoms with Crippen molar-refractivity contribution in [2.24, 2.45) is 5.73 Å². The van der Waals surface area contributed by atoms with E-state index in [1.165, 1.54) is 6.07 Å². The molecule has 0 bridgehead atoms. The minimum Gasteiger partial charge on any atom is -0.323 e. The summed E-state index contributed by atoms with van der Waals surface area (Å²) < 4.78 is 38.0. The number of benzene rings is 1. The molecule has 0 saturated carbocycles. The molecule has 5 heteroatoms. The molecule has 0 aromatic heterocycles. The van der Waals surface area contributed by atoms with Crippen LogP contribution in [0.15, 0.2) is 24.3 Å². The van der Waals surface area contributed by atoms with E-state index in [1.807, 2.05) is 7.05 Å². The Labute approximate surface area is 118 Å². The Hall–Kier alpha value is -1.07. The fraction of sp³-hybridized carbons (Fsp3) is 0.600. The van der Waals surface area contributed by atoms with Gasteiger partial charge >= 0.3 is 6.18 Å². The molecule has 0 aliphatic carbocycles. The van der Waals surface area contributed by atoms with Crippen LogP contribution in [0.4, 0.5) is 13.2 Å². The van der Waals surface area contributed by atoms with Crippen molar-refractivity contribution in [2.75, 3.05) is 13.6 Å². The van der Waals surface area contributed by atoms with Gasteiger partial charge in [-0.1, -0.05) is 26.0 Å². The van der Waals surface area contributed by atoms with Crippen LogP contribution in [0.3, 0.4) is 0 Å². The van der Waals surface area contributed by atoms with Crippen LogP contribution in [0.25, 0.3) is 0 Å². The monoisotopic (exact) mass is 288 g/mol. The SMILES string of the molecule is CCC(CC)N(C)CC(N)c1cccc(C(F)(F)F)c1. The number of halogens is 3. The van der Waals surface area contributed by atoms with Gasteiger partial charge in [-0.2, -0.15) is 13.2 Å². The van der Waals surface area contributed by atoms with E-state index in [0.29, 0.717) is 18.2 Å². The van der Waals surface area contributed by atoms with Crippen molar-refractivity contribution < 1.29 is 13.2 Å². The Balaban J connectivity index is 2.80. The molecule has 0 aliphatic rings. The van der Waals surface area contributed by atoms with Gasteiger partial charge in [-0.25, -0.2) is 0 Å². The van der Waals surface area contributed by atoms with Gasteiger partial charge in [-0.05, 0) is 37.6 Å². The van der Waals surface area contributed by atoms with Gasteiger partial charge in [0.1, 0.15) is 0 Å². The Morgan fingerprint density at radius 3 is 2.30 bits per heavy atom. The highest BCUT2D eigenvalue weighted by Crippen LogP contribution is 2.30. The molecule has 1 unspecified atom stereocenters. The summed E-state index contributed by atoms with van der Waals surface area (Å²) in [6.45, 7) is 4.74. The summed E-state index contributed by atoms with van der Waals surface area (Å²) in [5.74, 6) is 0. The molecule has 114 valence electrons. The topological polar surface area (TPSA) is 29.3 Å². The van der Waals surface area contributed by atoms with Gasteiger partial charge in [0.15, 0.2) is 0 Å². The Bertz CT molecular complexity index is 414. The van der Waals surface area contributed by atoms with Gasteiger partial charge in [0.2, 0.25) is 0 Å². The lowest BCUT2D eigenvalue weighted by Gasteiger charge is -2.29. The molecule has 0 spiro atoms. The first kappa shape index (κ1) is 17.0. The predicted molar refractivity (Wildman–Crippen MR) is 75.4 cm³/mol. The molecule has 0 radical (unpaired) electrons. The molecule has 2 nitrogen and oxygen atoms in total. The zero-order valence-corrected chi connectivity index (χ0v) is 12.2. The van der Waals surface area contributed by atoms with E-state index in [2.05, 4.69) is 18.7 Å². The molecule has 0 amide bonds. The molecule has 0 heterocycles. The van der Waals surface area contributed by atoms with Crippen molar-refractivity contribution in [3.05, 3.63) is 35.4 Å². The van der Waals surface area contributed by atoms with Crippen LogP contribution in [0.5, 0.6) is 0 Å². The zero-order chi connectivity index (χ0) is 15.3. The molecule has 1 atom stereocenters. The summed E-state index contributed by atoms with van der Waals surface area (Å²) in [6.07, 6.45) is -2.32. The molecule has 1 aromatic rings. The van der Waals surface area contributed by atoms with E-state index in [0.717, 1.165) is 25.0 Å². The lowest BCUT2D eigenvalue weighted by atomic mass is 10.0. The molecule has 1 aromatic carbocycles. The Kier molecular flexibility index (Phi) is 6.02. The number of hydrogen-bond donors (Lipinski definition) is 1. The van der Waals surface area contributed by atoms with Crippen LogP contribution in [0.1, 0.15) is 43.9 Å². The van der Waals surface area contributed by atoms with E-state index < -0.39 is 17.8 Å². The quantitative estimate of drug-likeness (QED) is 0.862. The summed E-state index contributed by atoms with van der Waals surface area (Å²) in [5, 5.41) is 0. The molecule has 20 heavy (non-hydrogen) atoms. The summed E-state index contributed by atoms with van der Waals surface area (Å²) in [4.78, 5) is 2.12. The van der Waals surface area contributed by atoms with Gasteiger partial charge in [0.05, 0.1) is 5.56 Å². The third kappa shape index (κ3) is 4.49. The maximum absolute atomic E-state index is 12.7. The van der Waals surface area contributed by atoms with Crippen LogP contribution in [-0.4, -0.2) is 24.5 Å². The fourth-order valence-electron chi connectivity index (χ4n) is 2.42. The summed E-state index contributed by atoms with van der Waals surface area (Å²) in [7, 11) is 1.96. The maximum Gasteiger partial charge on any atom is 0.416 e. The van der Waals surface area contributed by atoms with Gasteiger partial charge in [-0.15, -0.1) is 0 Å². The van der Waals surface area contributed by atoms with E-state index in [1.54, 1.807) is 6.07 Å². The number of nitrogens with zero attached hydrogens (tertiary/aromatic N) is 1. The van der Waals surface area contributed by atoms with Gasteiger partial charge in [0, 0.05) is 18.6 Å². The van der Waals surface area contributed by atoms with Crippen molar-refractivity contribution in [1.29, 1.82) is 0 Å². The molecular weight excluding hydrogens is 265 g/mol. The minimum absolute atomic E-state index is 0.409. The molecule has 0 aliphatic heterocycles. The molecular formula is C15H23F3N2. The summed E-state index contributed by atoms with van der Waals surface area (Å²) >= 11 is 0. The van der Waals surface area contributed by atoms with Gasteiger partial charge in [0.25, 0.3) is 0 Å². The van der Waals surface area contributed by atoms with E-state index >= 15 is 0 Å². The summed E-state index contributed by atoms with van der Waals surface area (Å²) in [5.41, 5.74) is 5.93. The molecule has 1 rings (SSSR count). The van der Waals surface area contributed by atoms with Crippen LogP contribution < -0.4 is 5.73 Å². The van der Waals surface area contributed by atoms with Crippen LogP contribution in [0.2, 0.25) is 0 Å². The van der Waals surface area contributed by atoms with E-state index in [9.17, 15) is 13.2 Å². The Morgan fingerprint density at radius 1 is 1.20 bits per heavy atom. The van der Waals surface area contributed by atoms with Crippen molar-refractivity contribution in [1.82, 2.24) is 4.90 Å². The highest BCUT2D eigenvalue weighted by Gasteiger charge is 2.30. The molecule has 2 N–H and O–H groups in total. The smallest absolute Gasteiger partial charge is 0.323 e. The van der Waals surface area contributed by atoms with Gasteiger partial charge in [-0.3, -0.25) is 0 Å². The standard InChI is InChI=1S/C15H23F3N2/c1-4-13(5-2)20(3)10-14(19)11-7-6-8-12(9-11)15(16,17)18/h6-9,13-14H,4-5,10,19H2,1-3H3. The molecule has 0 saturated heterocycles. The lowest BCUT2D eigenvalue weighted by molar-refractivity contribution is -0.137. The third-order valence-corrected chi connectivity index (χ3v) is 3.69. The highest BCUT2D eigenvalue weighted by atomic mass is 19.4. The summed E-state index contributed by atoms with van der Waals surface area (Å²) in [6, 6.07) is 5.27. The van der Waals surface area contributed by atoms with Crippen molar-refractivity contribution in [3.63, 3.8) is 0 Å². The highest BCUT2D eigenvalue weighted by molar-refractivity contribution is 5.28. The average molecular weight is 288 g/mol. The maximum atomic E-state index is 12.7. The predicted octanol–water partition coefficient (Wildman–Crippen LogP) is 3.83. The van der Waals surface area contributed by atoms with Crippen LogP contribution in [0, 0.1) is 0 Å². The van der Waals surface area contributed by atoms with Crippen molar-refractivity contribution in [2.45, 2.75) is 44.9 Å². The second-order valence-corrected chi connectivity index (χ2v) is 5.14. The van der Waals surface area contributed by atoms with Crippen LogP contribution >= 0.6 is 0 Å². The third-order valence-electron chi connectivity index (χ3n) is 3.69. The largest absolute Gasteiger partial charge is 0.416 e. The first-order valence-corrected chi connectivity index (χ1v) is 6.92. The number of likely N-dealkylation sites (N-methyl/N-ethyl adjacent to an activating group) is 1. The minimum atomic E-state index is -4.32. The number of nitrogens with two attached hydrogens (primary N) is 1. The number of rotatable bonds is 6. The second kappa shape index (κ2) is 7.09. The zero-order valence-electron chi connectivity index (χ0n) is 12.2. The van der Waals surface area contributed by atoms with E-state index in [-0.39, 0.29) is 0 Å². The number of alkyl halides is 3. The van der Waals surface area contributed by atoms with E-state index in [4.69, 9.17) is 5.73 Å². The first-order chi connectivity index (χ1) is 9.29. The van der Waals surface area contributed by atoms with Gasteiger partial charge < -0.3 is 10.6 Å². The normalized spacial score (nSPS) is 14.1. The van der Waals surface area contributed by atoms with Crippen molar-refractivity contribution in [3.8, 4) is 0 Å². The number of hydrogen-bond acceptors (Lipinski definition) is 2. The van der Waals surface area contributed by atoms with Crippen molar-refractivity contribution >= 4 is 0 Å². The van der Waals surface area contributed by atoms with Crippen LogP contribution in [-0.2, 0) is 6.18 Å². The first-order valence-electron chi connectivity index (χ1n) is 6.92. The second-order valence-electron chi connectivity index (χ2n) is 5.14. The average Bonchev–Trinajstić information content (AvgIpc) is 2.39.